The maximum atomic E-state index is 3.66. The predicted octanol–water partition coefficient (Wildman–Crippen LogP) is 0.555. The van der Waals surface area contributed by atoms with Gasteiger partial charge in [-0.1, -0.05) is 0 Å². The van der Waals surface area contributed by atoms with Crippen molar-refractivity contribution in [3.63, 3.8) is 0 Å². The quantitative estimate of drug-likeness (QED) is 0.710. The third-order valence-electron chi connectivity index (χ3n) is 4.58. The normalized spacial score (nSPS) is 27.8. The first kappa shape index (κ1) is 15.2. The lowest BCUT2D eigenvalue weighted by Crippen LogP contribution is -2.45. The molecular formula is C15H32N4. The maximum Gasteiger partial charge on any atom is 0.0110 e. The topological polar surface area (TPSA) is 21.8 Å². The summed E-state index contributed by atoms with van der Waals surface area (Å²) in [4.78, 5) is 7.50. The van der Waals surface area contributed by atoms with Gasteiger partial charge in [-0.2, -0.15) is 0 Å². The summed E-state index contributed by atoms with van der Waals surface area (Å²) >= 11 is 0. The van der Waals surface area contributed by atoms with Crippen molar-refractivity contribution in [1.82, 2.24) is 20.0 Å². The summed E-state index contributed by atoms with van der Waals surface area (Å²) in [6.45, 7) is 11.2. The van der Waals surface area contributed by atoms with E-state index in [1.807, 2.05) is 0 Å². The van der Waals surface area contributed by atoms with Crippen molar-refractivity contribution in [3.05, 3.63) is 0 Å². The summed E-state index contributed by atoms with van der Waals surface area (Å²) in [6, 6.07) is 0. The van der Waals surface area contributed by atoms with Gasteiger partial charge >= 0.3 is 0 Å². The Morgan fingerprint density at radius 3 is 2.53 bits per heavy atom. The Bertz CT molecular complexity index is 238. The highest BCUT2D eigenvalue weighted by atomic mass is 15.2. The highest BCUT2D eigenvalue weighted by Gasteiger charge is 2.16. The molecule has 0 spiro atoms. The summed E-state index contributed by atoms with van der Waals surface area (Å²) in [5.41, 5.74) is 0. The lowest BCUT2D eigenvalue weighted by Gasteiger charge is -2.32. The smallest absolute Gasteiger partial charge is 0.0110 e. The van der Waals surface area contributed by atoms with Gasteiger partial charge in [-0.25, -0.2) is 0 Å². The van der Waals surface area contributed by atoms with Gasteiger partial charge in [-0.05, 0) is 65.5 Å². The summed E-state index contributed by atoms with van der Waals surface area (Å²) < 4.78 is 0. The lowest BCUT2D eigenvalue weighted by atomic mass is 9.98. The van der Waals surface area contributed by atoms with Crippen LogP contribution in [0.5, 0.6) is 0 Å². The molecule has 0 aromatic heterocycles. The van der Waals surface area contributed by atoms with Crippen LogP contribution in [0.2, 0.25) is 0 Å². The van der Waals surface area contributed by atoms with Crippen LogP contribution in [-0.4, -0.2) is 87.7 Å². The van der Waals surface area contributed by atoms with Gasteiger partial charge < -0.3 is 20.0 Å². The predicted molar refractivity (Wildman–Crippen MR) is 81.6 cm³/mol. The minimum absolute atomic E-state index is 0.877. The first-order valence-electron chi connectivity index (χ1n) is 8.04. The number of rotatable bonds is 6. The zero-order valence-corrected chi connectivity index (χ0v) is 12.9. The third kappa shape index (κ3) is 5.78. The summed E-state index contributed by atoms with van der Waals surface area (Å²) in [5.74, 6) is 0.877. The van der Waals surface area contributed by atoms with Gasteiger partial charge in [0.05, 0.1) is 0 Å². The number of likely N-dealkylation sites (tertiary alicyclic amines) is 1. The van der Waals surface area contributed by atoms with Crippen LogP contribution in [0, 0.1) is 5.92 Å². The fourth-order valence-electron chi connectivity index (χ4n) is 3.25. The highest BCUT2D eigenvalue weighted by Crippen LogP contribution is 2.13. The zero-order valence-electron chi connectivity index (χ0n) is 12.9. The van der Waals surface area contributed by atoms with Crippen molar-refractivity contribution in [3.8, 4) is 0 Å². The Morgan fingerprint density at radius 1 is 1.00 bits per heavy atom. The Morgan fingerprint density at radius 2 is 1.79 bits per heavy atom. The molecule has 112 valence electrons. The molecular weight excluding hydrogens is 236 g/mol. The molecule has 1 N–H and O–H groups in total. The minimum Gasteiger partial charge on any atom is -0.316 e. The number of nitrogens with zero attached hydrogens (tertiary/aromatic N) is 3. The fourth-order valence-corrected chi connectivity index (χ4v) is 3.25. The Labute approximate surface area is 119 Å². The molecule has 0 saturated carbocycles. The molecule has 0 amide bonds. The second kappa shape index (κ2) is 8.20. The first-order valence-corrected chi connectivity index (χ1v) is 8.04. The van der Waals surface area contributed by atoms with Crippen LogP contribution in [0.3, 0.4) is 0 Å². The molecule has 0 bridgehead atoms. The van der Waals surface area contributed by atoms with Crippen LogP contribution in [0.25, 0.3) is 0 Å². The van der Waals surface area contributed by atoms with Crippen molar-refractivity contribution >= 4 is 0 Å². The molecule has 0 aromatic rings. The van der Waals surface area contributed by atoms with E-state index in [0.29, 0.717) is 0 Å². The van der Waals surface area contributed by atoms with Crippen molar-refractivity contribution in [2.24, 2.45) is 5.92 Å². The Balaban J connectivity index is 1.46. The molecule has 2 rings (SSSR count). The van der Waals surface area contributed by atoms with Gasteiger partial charge in [-0.3, -0.25) is 0 Å². The van der Waals surface area contributed by atoms with Crippen molar-refractivity contribution < 1.29 is 0 Å². The standard InChI is InChI=1S/C15H32N4/c1-17-9-11-19(12-10-17)8-4-6-16-13-15-5-3-7-18(2)14-15/h15-16H,3-14H2,1-2H3. The Kier molecular flexibility index (Phi) is 6.57. The molecule has 1 unspecified atom stereocenters. The van der Waals surface area contributed by atoms with E-state index in [2.05, 4.69) is 34.1 Å². The minimum atomic E-state index is 0.877. The molecule has 2 fully saturated rings. The van der Waals surface area contributed by atoms with E-state index in [1.54, 1.807) is 0 Å². The van der Waals surface area contributed by atoms with Crippen LogP contribution in [0.4, 0.5) is 0 Å². The van der Waals surface area contributed by atoms with Gasteiger partial charge in [0.15, 0.2) is 0 Å². The largest absolute Gasteiger partial charge is 0.316 e. The van der Waals surface area contributed by atoms with E-state index >= 15 is 0 Å². The monoisotopic (exact) mass is 268 g/mol. The molecule has 19 heavy (non-hydrogen) atoms. The van der Waals surface area contributed by atoms with Gasteiger partial charge in [-0.15, -0.1) is 0 Å². The SMILES string of the molecule is CN1CCN(CCCNCC2CCCN(C)C2)CC1. The summed E-state index contributed by atoms with van der Waals surface area (Å²) in [7, 11) is 4.47. The Hall–Kier alpha value is -0.160. The number of hydrogen-bond donors (Lipinski definition) is 1. The van der Waals surface area contributed by atoms with E-state index in [0.717, 1.165) is 5.92 Å². The van der Waals surface area contributed by atoms with E-state index in [9.17, 15) is 0 Å². The molecule has 2 heterocycles. The second-order valence-electron chi connectivity index (χ2n) is 6.47. The molecule has 0 aliphatic carbocycles. The second-order valence-corrected chi connectivity index (χ2v) is 6.47. The van der Waals surface area contributed by atoms with Crippen LogP contribution in [0.15, 0.2) is 0 Å². The maximum absolute atomic E-state index is 3.66. The number of piperidine rings is 1. The number of hydrogen-bond acceptors (Lipinski definition) is 4. The number of piperazine rings is 1. The molecule has 4 nitrogen and oxygen atoms in total. The van der Waals surface area contributed by atoms with E-state index in [4.69, 9.17) is 0 Å². The molecule has 2 saturated heterocycles. The summed E-state index contributed by atoms with van der Waals surface area (Å²) in [5, 5.41) is 3.66. The number of likely N-dealkylation sites (N-methyl/N-ethyl adjacent to an activating group) is 1. The van der Waals surface area contributed by atoms with Gasteiger partial charge in [0.2, 0.25) is 0 Å². The molecule has 4 heteroatoms. The zero-order chi connectivity index (χ0) is 13.5. The van der Waals surface area contributed by atoms with Crippen LogP contribution < -0.4 is 5.32 Å². The van der Waals surface area contributed by atoms with E-state index < -0.39 is 0 Å². The molecule has 0 radical (unpaired) electrons. The fraction of sp³-hybridized carbons (Fsp3) is 1.00. The average molecular weight is 268 g/mol. The van der Waals surface area contributed by atoms with E-state index in [-0.39, 0.29) is 0 Å². The van der Waals surface area contributed by atoms with E-state index in [1.165, 1.54) is 78.2 Å². The first-order chi connectivity index (χ1) is 9.24. The lowest BCUT2D eigenvalue weighted by molar-refractivity contribution is 0.152. The highest BCUT2D eigenvalue weighted by molar-refractivity contribution is 4.73. The summed E-state index contributed by atoms with van der Waals surface area (Å²) in [6.07, 6.45) is 4.09. The molecule has 2 aliphatic rings. The van der Waals surface area contributed by atoms with Crippen LogP contribution >= 0.6 is 0 Å². The molecule has 2 aliphatic heterocycles. The van der Waals surface area contributed by atoms with Crippen molar-refractivity contribution in [2.45, 2.75) is 19.3 Å². The van der Waals surface area contributed by atoms with Crippen LogP contribution in [-0.2, 0) is 0 Å². The number of nitrogens with one attached hydrogen (secondary N) is 1. The average Bonchev–Trinajstić information content (AvgIpc) is 2.41. The van der Waals surface area contributed by atoms with Gasteiger partial charge in [0, 0.05) is 32.7 Å². The molecule has 1 atom stereocenters. The van der Waals surface area contributed by atoms with Crippen molar-refractivity contribution in [2.75, 3.05) is 73.0 Å². The van der Waals surface area contributed by atoms with Gasteiger partial charge in [0.1, 0.15) is 0 Å². The molecule has 0 aromatic carbocycles. The van der Waals surface area contributed by atoms with Crippen molar-refractivity contribution in [1.29, 1.82) is 0 Å². The van der Waals surface area contributed by atoms with Crippen LogP contribution in [0.1, 0.15) is 19.3 Å². The van der Waals surface area contributed by atoms with Gasteiger partial charge in [0.25, 0.3) is 0 Å². The third-order valence-corrected chi connectivity index (χ3v) is 4.58.